The van der Waals surface area contributed by atoms with E-state index in [9.17, 15) is 5.11 Å². The summed E-state index contributed by atoms with van der Waals surface area (Å²) in [6.45, 7) is 3.02. The molecule has 0 amide bonds. The first-order chi connectivity index (χ1) is 11.8. The molecule has 0 fully saturated rings. The van der Waals surface area contributed by atoms with E-state index in [0.29, 0.717) is 0 Å². The Hall–Kier alpha value is -2.16. The van der Waals surface area contributed by atoms with Gasteiger partial charge in [0.05, 0.1) is 6.10 Å². The fourth-order valence-corrected chi connectivity index (χ4v) is 3.63. The molecule has 0 aromatic heterocycles. The Bertz CT molecular complexity index is 842. The van der Waals surface area contributed by atoms with E-state index in [1.165, 1.54) is 21.9 Å². The molecule has 0 bridgehead atoms. The molecule has 1 aliphatic heterocycles. The Kier molecular flexibility index (Phi) is 4.33. The lowest BCUT2D eigenvalue weighted by Crippen LogP contribution is -2.32. The number of hydrogen-bond acceptors (Lipinski definition) is 2. The van der Waals surface area contributed by atoms with Crippen molar-refractivity contribution in [2.24, 2.45) is 0 Å². The SMILES string of the molecule is OC(CCN1CCc2ccccc2C1)c1ccc2ccccc2c1. The summed E-state index contributed by atoms with van der Waals surface area (Å²) in [5.74, 6) is 0. The Morgan fingerprint density at radius 3 is 2.50 bits per heavy atom. The molecule has 1 aliphatic rings. The lowest BCUT2D eigenvalue weighted by molar-refractivity contribution is 0.137. The molecule has 1 heterocycles. The van der Waals surface area contributed by atoms with Gasteiger partial charge in [-0.3, -0.25) is 4.90 Å². The van der Waals surface area contributed by atoms with Gasteiger partial charge in [0.1, 0.15) is 0 Å². The normalized spacial score (nSPS) is 16.0. The van der Waals surface area contributed by atoms with Crippen LogP contribution in [-0.2, 0) is 13.0 Å². The van der Waals surface area contributed by atoms with Crippen molar-refractivity contribution >= 4 is 10.8 Å². The van der Waals surface area contributed by atoms with E-state index in [1.807, 2.05) is 12.1 Å². The quantitative estimate of drug-likeness (QED) is 0.774. The van der Waals surface area contributed by atoms with Crippen LogP contribution in [0.1, 0.15) is 29.2 Å². The van der Waals surface area contributed by atoms with Gasteiger partial charge in [-0.15, -0.1) is 0 Å². The zero-order valence-corrected chi connectivity index (χ0v) is 13.9. The first-order valence-electron chi connectivity index (χ1n) is 8.75. The summed E-state index contributed by atoms with van der Waals surface area (Å²) >= 11 is 0. The van der Waals surface area contributed by atoms with Gasteiger partial charge in [-0.1, -0.05) is 60.7 Å². The number of benzene rings is 3. The lowest BCUT2D eigenvalue weighted by Gasteiger charge is -2.29. The fourth-order valence-electron chi connectivity index (χ4n) is 3.63. The molecule has 0 aliphatic carbocycles. The van der Waals surface area contributed by atoms with E-state index in [1.54, 1.807) is 0 Å². The van der Waals surface area contributed by atoms with Gasteiger partial charge >= 0.3 is 0 Å². The van der Waals surface area contributed by atoms with Crippen molar-refractivity contribution in [1.29, 1.82) is 0 Å². The molecule has 24 heavy (non-hydrogen) atoms. The Balaban J connectivity index is 1.40. The summed E-state index contributed by atoms with van der Waals surface area (Å²) in [4.78, 5) is 2.45. The molecule has 1 unspecified atom stereocenters. The van der Waals surface area contributed by atoms with Crippen LogP contribution in [-0.4, -0.2) is 23.1 Å². The van der Waals surface area contributed by atoms with Gasteiger partial charge in [0.25, 0.3) is 0 Å². The topological polar surface area (TPSA) is 23.5 Å². The first kappa shape index (κ1) is 15.4. The summed E-state index contributed by atoms with van der Waals surface area (Å²) in [7, 11) is 0. The average Bonchev–Trinajstić information content (AvgIpc) is 2.65. The third kappa shape index (κ3) is 3.21. The fraction of sp³-hybridized carbons (Fsp3) is 0.273. The highest BCUT2D eigenvalue weighted by Gasteiger charge is 2.17. The van der Waals surface area contributed by atoms with Gasteiger partial charge in [-0.2, -0.15) is 0 Å². The van der Waals surface area contributed by atoms with Crippen LogP contribution < -0.4 is 0 Å². The third-order valence-electron chi connectivity index (χ3n) is 5.09. The van der Waals surface area contributed by atoms with E-state index in [2.05, 4.69) is 59.5 Å². The number of fused-ring (bicyclic) bond motifs is 2. The van der Waals surface area contributed by atoms with Crippen molar-refractivity contribution in [3.8, 4) is 0 Å². The van der Waals surface area contributed by atoms with Crippen LogP contribution in [0, 0.1) is 0 Å². The highest BCUT2D eigenvalue weighted by molar-refractivity contribution is 5.83. The number of nitrogens with zero attached hydrogens (tertiary/aromatic N) is 1. The van der Waals surface area contributed by atoms with Crippen molar-refractivity contribution in [1.82, 2.24) is 4.90 Å². The van der Waals surface area contributed by atoms with E-state index in [0.717, 1.165) is 38.0 Å². The summed E-state index contributed by atoms with van der Waals surface area (Å²) in [5.41, 5.74) is 3.93. The van der Waals surface area contributed by atoms with Gasteiger partial charge in [0, 0.05) is 19.6 Å². The summed E-state index contributed by atoms with van der Waals surface area (Å²) in [6.07, 6.45) is 1.50. The maximum atomic E-state index is 10.6. The number of rotatable bonds is 4. The molecule has 0 radical (unpaired) electrons. The van der Waals surface area contributed by atoms with E-state index < -0.39 is 6.10 Å². The maximum absolute atomic E-state index is 10.6. The zero-order chi connectivity index (χ0) is 16.4. The molecular formula is C22H23NO. The monoisotopic (exact) mass is 317 g/mol. The van der Waals surface area contributed by atoms with Crippen LogP contribution in [0.3, 0.4) is 0 Å². The standard InChI is InChI=1S/C22H23NO/c24-22(20-10-9-17-5-1-3-7-19(17)15-20)12-14-23-13-11-18-6-2-4-8-21(18)16-23/h1-10,15,22,24H,11-14,16H2. The van der Waals surface area contributed by atoms with Crippen LogP contribution in [0.25, 0.3) is 10.8 Å². The molecule has 0 saturated heterocycles. The van der Waals surface area contributed by atoms with Crippen molar-refractivity contribution in [3.05, 3.63) is 83.4 Å². The number of aliphatic hydroxyl groups excluding tert-OH is 1. The van der Waals surface area contributed by atoms with Crippen LogP contribution in [0.15, 0.2) is 66.7 Å². The lowest BCUT2D eigenvalue weighted by atomic mass is 9.98. The summed E-state index contributed by atoms with van der Waals surface area (Å²) in [6, 6.07) is 23.3. The zero-order valence-electron chi connectivity index (χ0n) is 13.9. The molecule has 0 saturated carbocycles. The van der Waals surface area contributed by atoms with E-state index in [-0.39, 0.29) is 0 Å². The molecule has 4 rings (SSSR count). The molecule has 3 aromatic carbocycles. The van der Waals surface area contributed by atoms with Gasteiger partial charge < -0.3 is 5.11 Å². The Morgan fingerprint density at radius 1 is 0.875 bits per heavy atom. The summed E-state index contributed by atoms with van der Waals surface area (Å²) in [5, 5.41) is 13.0. The first-order valence-corrected chi connectivity index (χ1v) is 8.75. The molecule has 2 heteroatoms. The number of aliphatic hydroxyl groups is 1. The minimum Gasteiger partial charge on any atom is -0.388 e. The van der Waals surface area contributed by atoms with Gasteiger partial charge in [-0.05, 0) is 46.4 Å². The Labute approximate surface area is 143 Å². The third-order valence-corrected chi connectivity index (χ3v) is 5.09. The predicted molar refractivity (Wildman–Crippen MR) is 98.9 cm³/mol. The van der Waals surface area contributed by atoms with E-state index >= 15 is 0 Å². The van der Waals surface area contributed by atoms with Crippen LogP contribution in [0.5, 0.6) is 0 Å². The second-order valence-electron chi connectivity index (χ2n) is 6.71. The second kappa shape index (κ2) is 6.76. The molecule has 2 nitrogen and oxygen atoms in total. The average molecular weight is 317 g/mol. The Morgan fingerprint density at radius 2 is 1.62 bits per heavy atom. The van der Waals surface area contributed by atoms with Crippen molar-refractivity contribution in [2.75, 3.05) is 13.1 Å². The van der Waals surface area contributed by atoms with Crippen molar-refractivity contribution in [3.63, 3.8) is 0 Å². The van der Waals surface area contributed by atoms with Crippen LogP contribution >= 0.6 is 0 Å². The predicted octanol–water partition coefficient (Wildman–Crippen LogP) is 4.32. The molecule has 0 spiro atoms. The van der Waals surface area contributed by atoms with E-state index in [4.69, 9.17) is 0 Å². The molecule has 1 N–H and O–H groups in total. The van der Waals surface area contributed by atoms with Gasteiger partial charge in [0.15, 0.2) is 0 Å². The highest BCUT2D eigenvalue weighted by Crippen LogP contribution is 2.24. The van der Waals surface area contributed by atoms with Gasteiger partial charge in [-0.25, -0.2) is 0 Å². The van der Waals surface area contributed by atoms with Crippen LogP contribution in [0.4, 0.5) is 0 Å². The molecule has 1 atom stereocenters. The largest absolute Gasteiger partial charge is 0.388 e. The maximum Gasteiger partial charge on any atom is 0.0802 e. The minimum atomic E-state index is -0.397. The summed E-state index contributed by atoms with van der Waals surface area (Å²) < 4.78 is 0. The smallest absolute Gasteiger partial charge is 0.0802 e. The van der Waals surface area contributed by atoms with Crippen molar-refractivity contribution < 1.29 is 5.11 Å². The minimum absolute atomic E-state index is 0.397. The molecule has 3 aromatic rings. The second-order valence-corrected chi connectivity index (χ2v) is 6.71. The molecular weight excluding hydrogens is 294 g/mol. The van der Waals surface area contributed by atoms with Gasteiger partial charge in [0.2, 0.25) is 0 Å². The van der Waals surface area contributed by atoms with Crippen molar-refractivity contribution in [2.45, 2.75) is 25.5 Å². The van der Waals surface area contributed by atoms with Crippen LogP contribution in [0.2, 0.25) is 0 Å². The highest BCUT2D eigenvalue weighted by atomic mass is 16.3. The number of hydrogen-bond donors (Lipinski definition) is 1. The molecule has 122 valence electrons.